The Morgan fingerprint density at radius 3 is 2.70 bits per heavy atom. The van der Waals surface area contributed by atoms with Crippen molar-refractivity contribution >= 4 is 28.6 Å². The molecule has 1 fully saturated rings. The van der Waals surface area contributed by atoms with E-state index in [4.69, 9.17) is 11.6 Å². The van der Waals surface area contributed by atoms with Crippen molar-refractivity contribution in [3.05, 3.63) is 58.3 Å². The minimum atomic E-state index is -0.920. The summed E-state index contributed by atoms with van der Waals surface area (Å²) in [5, 5.41) is 10.8. The maximum Gasteiger partial charge on any atom is 0.335 e. The number of nitrogens with one attached hydrogen (secondary N) is 2. The summed E-state index contributed by atoms with van der Waals surface area (Å²) >= 11 is 0. The standard InChI is InChI=1S/C26H35N5O2/c1-3-8-17-13-19(25(27)29-30-28)15-31-22-14-18(26(32)33)11-12-21(22)23(24(31)20(17)4-2)16-9-6-5-7-10-16/h3,8,11-12,14-16,25,29-30H,4-7,9-10,13,27-28H2,1-2H3,(H,32,33)/b8-3-. The molecule has 1 saturated carbocycles. The van der Waals surface area contributed by atoms with Crippen LogP contribution < -0.4 is 22.5 Å². The predicted molar refractivity (Wildman–Crippen MR) is 134 cm³/mol. The van der Waals surface area contributed by atoms with E-state index in [0.717, 1.165) is 35.7 Å². The van der Waals surface area contributed by atoms with Crippen LogP contribution in [0, 0.1) is 0 Å². The summed E-state index contributed by atoms with van der Waals surface area (Å²) in [6, 6.07) is 5.53. The molecule has 7 nitrogen and oxygen atoms in total. The van der Waals surface area contributed by atoms with Crippen molar-refractivity contribution in [1.82, 2.24) is 15.5 Å². The number of aromatic carboxylic acids is 1. The minimum Gasteiger partial charge on any atom is -0.478 e. The number of nitrogens with zero attached hydrogens (tertiary/aromatic N) is 1. The van der Waals surface area contributed by atoms with Gasteiger partial charge in [0, 0.05) is 11.6 Å². The van der Waals surface area contributed by atoms with Gasteiger partial charge in [-0.15, -0.1) is 0 Å². The van der Waals surface area contributed by atoms with E-state index in [9.17, 15) is 9.90 Å². The molecule has 33 heavy (non-hydrogen) atoms. The first-order chi connectivity index (χ1) is 16.0. The van der Waals surface area contributed by atoms with Crippen LogP contribution >= 0.6 is 0 Å². The van der Waals surface area contributed by atoms with Crippen LogP contribution in [0.2, 0.25) is 0 Å². The third-order valence-electron chi connectivity index (χ3n) is 7.03. The van der Waals surface area contributed by atoms with Gasteiger partial charge in [0.25, 0.3) is 0 Å². The Morgan fingerprint density at radius 2 is 2.06 bits per heavy atom. The number of allylic oxidation sites excluding steroid dienone is 4. The molecule has 0 amide bonds. The van der Waals surface area contributed by atoms with Crippen molar-refractivity contribution in [1.29, 1.82) is 0 Å². The van der Waals surface area contributed by atoms with Crippen LogP contribution in [0.3, 0.4) is 0 Å². The third kappa shape index (κ3) is 4.42. The molecule has 176 valence electrons. The van der Waals surface area contributed by atoms with Crippen LogP contribution in [-0.4, -0.2) is 21.8 Å². The maximum atomic E-state index is 11.8. The second kappa shape index (κ2) is 10.1. The number of carboxylic acids is 1. The molecule has 7 heteroatoms. The Bertz CT molecular complexity index is 1140. The molecule has 2 heterocycles. The second-order valence-corrected chi connectivity index (χ2v) is 9.01. The SMILES string of the molecule is C/C=C\C1=C(CC)c2c(C3CCCCC3)c3ccc(C(=O)O)cc3n2C=C(C(N)NNN)C1. The quantitative estimate of drug-likeness (QED) is 0.239. The first-order valence-electron chi connectivity index (χ1n) is 11.9. The van der Waals surface area contributed by atoms with E-state index in [0.29, 0.717) is 17.9 Å². The molecule has 4 rings (SSSR count). The van der Waals surface area contributed by atoms with Crippen molar-refractivity contribution < 1.29 is 9.90 Å². The largest absolute Gasteiger partial charge is 0.478 e. The summed E-state index contributed by atoms with van der Waals surface area (Å²) in [5.74, 6) is 5.04. The number of carboxylic acid groups (broad SMARTS) is 1. The van der Waals surface area contributed by atoms with Gasteiger partial charge in [0.2, 0.25) is 0 Å². The van der Waals surface area contributed by atoms with E-state index in [1.54, 1.807) is 12.1 Å². The first-order valence-corrected chi connectivity index (χ1v) is 11.9. The molecule has 0 spiro atoms. The van der Waals surface area contributed by atoms with Gasteiger partial charge in [-0.1, -0.05) is 44.4 Å². The number of carbonyl (C=O) groups is 1. The highest BCUT2D eigenvalue weighted by Gasteiger charge is 2.30. The Labute approximate surface area is 195 Å². The molecule has 1 aliphatic heterocycles. The Morgan fingerprint density at radius 1 is 1.30 bits per heavy atom. The Balaban J connectivity index is 2.09. The first kappa shape index (κ1) is 23.4. The fraction of sp³-hybridized carbons (Fsp3) is 0.423. The smallest absolute Gasteiger partial charge is 0.335 e. The fourth-order valence-electron chi connectivity index (χ4n) is 5.53. The topological polar surface area (TPSA) is 118 Å². The van der Waals surface area contributed by atoms with Gasteiger partial charge in [0.05, 0.1) is 22.9 Å². The molecule has 0 bridgehead atoms. The van der Waals surface area contributed by atoms with E-state index in [1.807, 2.05) is 13.0 Å². The Kier molecular flexibility index (Phi) is 7.14. The molecular formula is C26H35N5O2. The average molecular weight is 450 g/mol. The van der Waals surface area contributed by atoms with Crippen LogP contribution in [0.1, 0.15) is 86.3 Å². The summed E-state index contributed by atoms with van der Waals surface area (Å²) in [6.07, 6.45) is 13.5. The second-order valence-electron chi connectivity index (χ2n) is 9.01. The molecular weight excluding hydrogens is 414 g/mol. The number of benzene rings is 1. The van der Waals surface area contributed by atoms with Gasteiger partial charge in [0.15, 0.2) is 0 Å². The summed E-state index contributed by atoms with van der Waals surface area (Å²) in [6.45, 7) is 4.23. The summed E-state index contributed by atoms with van der Waals surface area (Å²) < 4.78 is 2.19. The van der Waals surface area contributed by atoms with Crippen molar-refractivity contribution in [3.8, 4) is 0 Å². The van der Waals surface area contributed by atoms with Gasteiger partial charge >= 0.3 is 5.97 Å². The molecule has 1 aromatic heterocycles. The van der Waals surface area contributed by atoms with Crippen LogP contribution in [0.5, 0.6) is 0 Å². The molecule has 2 aliphatic rings. The van der Waals surface area contributed by atoms with E-state index >= 15 is 0 Å². The van der Waals surface area contributed by atoms with E-state index in [2.05, 4.69) is 40.8 Å². The number of nitrogens with two attached hydrogens (primary N) is 2. The van der Waals surface area contributed by atoms with Gasteiger partial charge in [-0.3, -0.25) is 5.84 Å². The van der Waals surface area contributed by atoms with Gasteiger partial charge in [-0.25, -0.2) is 10.2 Å². The maximum absolute atomic E-state index is 11.8. The number of fused-ring (bicyclic) bond motifs is 3. The van der Waals surface area contributed by atoms with Gasteiger partial charge in [0.1, 0.15) is 0 Å². The van der Waals surface area contributed by atoms with Crippen LogP contribution in [0.4, 0.5) is 0 Å². The number of hydrogen-bond acceptors (Lipinski definition) is 5. The highest BCUT2D eigenvalue weighted by Crippen LogP contribution is 2.46. The molecule has 7 N–H and O–H groups in total. The zero-order valence-corrected chi connectivity index (χ0v) is 19.5. The summed E-state index contributed by atoms with van der Waals surface area (Å²) in [7, 11) is 0. The van der Waals surface area contributed by atoms with Crippen LogP contribution in [0.25, 0.3) is 22.7 Å². The lowest BCUT2D eigenvalue weighted by Gasteiger charge is -2.24. The zero-order chi connectivity index (χ0) is 23.5. The Hall–Kier alpha value is -2.71. The van der Waals surface area contributed by atoms with Crippen molar-refractivity contribution in [2.45, 2.75) is 70.9 Å². The van der Waals surface area contributed by atoms with E-state index < -0.39 is 12.1 Å². The van der Waals surface area contributed by atoms with E-state index in [1.165, 1.54) is 41.7 Å². The van der Waals surface area contributed by atoms with Crippen molar-refractivity contribution in [2.75, 3.05) is 0 Å². The number of aromatic nitrogens is 1. The zero-order valence-electron chi connectivity index (χ0n) is 19.5. The molecule has 0 radical (unpaired) electrons. The molecule has 0 saturated heterocycles. The minimum absolute atomic E-state index is 0.291. The van der Waals surface area contributed by atoms with Crippen molar-refractivity contribution in [2.24, 2.45) is 11.6 Å². The number of hydrazine groups is 2. The predicted octanol–water partition coefficient (Wildman–Crippen LogP) is 4.62. The fourth-order valence-corrected chi connectivity index (χ4v) is 5.53. The molecule has 2 aromatic rings. The molecule has 1 aromatic carbocycles. The lowest BCUT2D eigenvalue weighted by molar-refractivity contribution is 0.0697. The monoisotopic (exact) mass is 449 g/mol. The van der Waals surface area contributed by atoms with Gasteiger partial charge in [-0.2, -0.15) is 5.53 Å². The summed E-state index contributed by atoms with van der Waals surface area (Å²) in [5.41, 5.74) is 19.1. The molecule has 1 atom stereocenters. The molecule has 1 unspecified atom stereocenters. The van der Waals surface area contributed by atoms with E-state index in [-0.39, 0.29) is 0 Å². The lowest BCUT2D eigenvalue weighted by Crippen LogP contribution is -2.50. The van der Waals surface area contributed by atoms with Gasteiger partial charge in [-0.05, 0) is 72.9 Å². The number of hydrogen-bond donors (Lipinski definition) is 5. The summed E-state index contributed by atoms with van der Waals surface area (Å²) in [4.78, 5) is 11.8. The average Bonchev–Trinajstić information content (AvgIpc) is 3.03. The molecule has 1 aliphatic carbocycles. The third-order valence-corrected chi connectivity index (χ3v) is 7.03. The van der Waals surface area contributed by atoms with Crippen molar-refractivity contribution in [3.63, 3.8) is 0 Å². The highest BCUT2D eigenvalue weighted by molar-refractivity contribution is 5.99. The number of rotatable bonds is 7. The van der Waals surface area contributed by atoms with Crippen LogP contribution in [-0.2, 0) is 0 Å². The van der Waals surface area contributed by atoms with Crippen LogP contribution in [0.15, 0.2) is 41.5 Å². The highest BCUT2D eigenvalue weighted by atomic mass is 16.4. The normalized spacial score (nSPS) is 18.5. The lowest BCUT2D eigenvalue weighted by atomic mass is 9.81. The van der Waals surface area contributed by atoms with Gasteiger partial charge < -0.3 is 15.4 Å².